The molecule has 1 aromatic rings. The Morgan fingerprint density at radius 2 is 2.15 bits per heavy atom. The van der Waals surface area contributed by atoms with Crippen molar-refractivity contribution in [3.8, 4) is 0 Å². The first-order chi connectivity index (χ1) is 6.20. The molecule has 2 rings (SSSR count). The largest absolute Gasteiger partial charge is 0.393 e. The third kappa shape index (κ3) is 1.72. The molecule has 3 atom stereocenters. The van der Waals surface area contributed by atoms with Crippen LogP contribution in [0.5, 0.6) is 0 Å². The van der Waals surface area contributed by atoms with E-state index in [1.54, 1.807) is 0 Å². The molecule has 0 amide bonds. The highest BCUT2D eigenvalue weighted by atomic mass is 35.5. The topological polar surface area (TPSA) is 20.2 Å². The highest BCUT2D eigenvalue weighted by Gasteiger charge is 2.42. The van der Waals surface area contributed by atoms with E-state index in [1.165, 1.54) is 5.56 Å². The third-order valence-corrected chi connectivity index (χ3v) is 3.11. The summed E-state index contributed by atoms with van der Waals surface area (Å²) in [6, 6.07) is 7.90. The van der Waals surface area contributed by atoms with Gasteiger partial charge in [0.15, 0.2) is 0 Å². The van der Waals surface area contributed by atoms with Crippen molar-refractivity contribution in [2.45, 2.75) is 25.4 Å². The summed E-state index contributed by atoms with van der Waals surface area (Å²) in [5.41, 5.74) is 1.19. The lowest BCUT2D eigenvalue weighted by Crippen LogP contribution is -2.03. The van der Waals surface area contributed by atoms with Crippen LogP contribution in [0.4, 0.5) is 0 Å². The first-order valence-corrected chi connectivity index (χ1v) is 5.00. The Kier molecular flexibility index (Phi) is 2.31. The molecular formula is C11H13ClO. The van der Waals surface area contributed by atoms with Gasteiger partial charge in [-0.2, -0.15) is 0 Å². The zero-order chi connectivity index (χ0) is 9.42. The first-order valence-electron chi connectivity index (χ1n) is 4.62. The van der Waals surface area contributed by atoms with Gasteiger partial charge in [0, 0.05) is 5.02 Å². The summed E-state index contributed by atoms with van der Waals surface area (Å²) in [5.74, 6) is 0.897. The molecule has 1 N–H and O–H groups in total. The number of rotatable bonds is 2. The molecule has 0 unspecified atom stereocenters. The van der Waals surface area contributed by atoms with Gasteiger partial charge in [0.25, 0.3) is 0 Å². The van der Waals surface area contributed by atoms with E-state index in [1.807, 2.05) is 25.1 Å². The van der Waals surface area contributed by atoms with Gasteiger partial charge in [0.1, 0.15) is 0 Å². The van der Waals surface area contributed by atoms with E-state index in [4.69, 9.17) is 11.6 Å². The minimum atomic E-state index is -0.207. The fourth-order valence-corrected chi connectivity index (χ4v) is 2.16. The Bertz CT molecular complexity index is 309. The Labute approximate surface area is 83.3 Å². The molecule has 1 fully saturated rings. The van der Waals surface area contributed by atoms with Crippen LogP contribution in [0, 0.1) is 5.92 Å². The SMILES string of the molecule is C[C@H](O)[C@H]1C[C@@H]1c1ccccc1Cl. The molecule has 1 nitrogen and oxygen atoms in total. The fraction of sp³-hybridized carbons (Fsp3) is 0.455. The van der Waals surface area contributed by atoms with Crippen molar-refractivity contribution in [3.63, 3.8) is 0 Å². The van der Waals surface area contributed by atoms with Crippen molar-refractivity contribution in [1.82, 2.24) is 0 Å². The van der Waals surface area contributed by atoms with Crippen LogP contribution in [-0.4, -0.2) is 11.2 Å². The highest BCUT2D eigenvalue weighted by molar-refractivity contribution is 6.31. The summed E-state index contributed by atoms with van der Waals surface area (Å²) in [7, 11) is 0. The van der Waals surface area contributed by atoms with Crippen molar-refractivity contribution in [3.05, 3.63) is 34.9 Å². The van der Waals surface area contributed by atoms with Gasteiger partial charge in [0.05, 0.1) is 6.10 Å². The van der Waals surface area contributed by atoms with Crippen LogP contribution in [0.25, 0.3) is 0 Å². The van der Waals surface area contributed by atoms with E-state index in [2.05, 4.69) is 6.07 Å². The normalized spacial score (nSPS) is 28.5. The van der Waals surface area contributed by atoms with Crippen molar-refractivity contribution >= 4 is 11.6 Å². The quantitative estimate of drug-likeness (QED) is 0.772. The molecule has 1 aromatic carbocycles. The Hall–Kier alpha value is -0.530. The Morgan fingerprint density at radius 3 is 2.69 bits per heavy atom. The van der Waals surface area contributed by atoms with Crippen LogP contribution in [-0.2, 0) is 0 Å². The van der Waals surface area contributed by atoms with Gasteiger partial charge in [-0.05, 0) is 36.8 Å². The van der Waals surface area contributed by atoms with E-state index in [-0.39, 0.29) is 6.10 Å². The smallest absolute Gasteiger partial charge is 0.0546 e. The fourth-order valence-electron chi connectivity index (χ4n) is 1.88. The van der Waals surface area contributed by atoms with Crippen molar-refractivity contribution in [2.24, 2.45) is 5.92 Å². The van der Waals surface area contributed by atoms with Crippen LogP contribution < -0.4 is 0 Å². The summed E-state index contributed by atoms with van der Waals surface area (Å²) in [6.07, 6.45) is 0.864. The average Bonchev–Trinajstić information content (AvgIpc) is 2.84. The summed E-state index contributed by atoms with van der Waals surface area (Å²) >= 11 is 6.05. The lowest BCUT2D eigenvalue weighted by molar-refractivity contribution is 0.169. The van der Waals surface area contributed by atoms with E-state index in [0.29, 0.717) is 11.8 Å². The Morgan fingerprint density at radius 1 is 1.46 bits per heavy atom. The lowest BCUT2D eigenvalue weighted by Gasteiger charge is -2.04. The highest BCUT2D eigenvalue weighted by Crippen LogP contribution is 2.51. The van der Waals surface area contributed by atoms with Crippen LogP contribution in [0.2, 0.25) is 5.02 Å². The van der Waals surface area contributed by atoms with E-state index in [0.717, 1.165) is 11.4 Å². The summed E-state index contributed by atoms with van der Waals surface area (Å²) in [6.45, 7) is 1.85. The molecule has 1 aliphatic rings. The summed E-state index contributed by atoms with van der Waals surface area (Å²) in [4.78, 5) is 0. The predicted octanol–water partition coefficient (Wildman–Crippen LogP) is 2.82. The van der Waals surface area contributed by atoms with Crippen LogP contribution >= 0.6 is 11.6 Å². The zero-order valence-corrected chi connectivity index (χ0v) is 8.33. The van der Waals surface area contributed by atoms with Crippen LogP contribution in [0.1, 0.15) is 24.8 Å². The van der Waals surface area contributed by atoms with Gasteiger partial charge in [-0.25, -0.2) is 0 Å². The van der Waals surface area contributed by atoms with E-state index < -0.39 is 0 Å². The second kappa shape index (κ2) is 3.32. The zero-order valence-electron chi connectivity index (χ0n) is 7.57. The van der Waals surface area contributed by atoms with Crippen molar-refractivity contribution in [2.75, 3.05) is 0 Å². The molecule has 0 heterocycles. The maximum Gasteiger partial charge on any atom is 0.0546 e. The molecule has 1 aliphatic carbocycles. The average molecular weight is 197 g/mol. The molecule has 2 heteroatoms. The van der Waals surface area contributed by atoms with Gasteiger partial charge < -0.3 is 5.11 Å². The van der Waals surface area contributed by atoms with Gasteiger partial charge in [-0.3, -0.25) is 0 Å². The molecule has 0 radical (unpaired) electrons. The van der Waals surface area contributed by atoms with E-state index >= 15 is 0 Å². The van der Waals surface area contributed by atoms with Gasteiger partial charge in [-0.1, -0.05) is 29.8 Å². The van der Waals surface area contributed by atoms with Crippen LogP contribution in [0.15, 0.2) is 24.3 Å². The van der Waals surface area contributed by atoms with Crippen LogP contribution in [0.3, 0.4) is 0 Å². The first kappa shape index (κ1) is 9.04. The maximum atomic E-state index is 9.37. The van der Waals surface area contributed by atoms with Crippen molar-refractivity contribution < 1.29 is 5.11 Å². The molecule has 1 saturated carbocycles. The minimum absolute atomic E-state index is 0.207. The summed E-state index contributed by atoms with van der Waals surface area (Å²) < 4.78 is 0. The van der Waals surface area contributed by atoms with Gasteiger partial charge in [-0.15, -0.1) is 0 Å². The molecule has 0 aliphatic heterocycles. The minimum Gasteiger partial charge on any atom is -0.393 e. The molecule has 70 valence electrons. The molecular weight excluding hydrogens is 184 g/mol. The third-order valence-electron chi connectivity index (χ3n) is 2.76. The molecule has 0 spiro atoms. The maximum absolute atomic E-state index is 9.37. The second-order valence-corrected chi connectivity index (χ2v) is 4.18. The molecule has 0 aromatic heterocycles. The Balaban J connectivity index is 2.16. The number of hydrogen-bond acceptors (Lipinski definition) is 1. The number of aliphatic hydroxyl groups excluding tert-OH is 1. The van der Waals surface area contributed by atoms with Gasteiger partial charge >= 0.3 is 0 Å². The van der Waals surface area contributed by atoms with Gasteiger partial charge in [0.2, 0.25) is 0 Å². The number of hydrogen-bond donors (Lipinski definition) is 1. The van der Waals surface area contributed by atoms with E-state index in [9.17, 15) is 5.11 Å². The number of benzene rings is 1. The number of halogens is 1. The molecule has 0 bridgehead atoms. The predicted molar refractivity (Wildman–Crippen MR) is 54.0 cm³/mol. The molecule has 13 heavy (non-hydrogen) atoms. The standard InChI is InChI=1S/C11H13ClO/c1-7(13)9-6-10(9)8-4-2-3-5-11(8)12/h2-5,7,9-10,13H,6H2,1H3/t7-,9+,10+/m0/s1. The monoisotopic (exact) mass is 196 g/mol. The van der Waals surface area contributed by atoms with Crippen molar-refractivity contribution in [1.29, 1.82) is 0 Å². The number of aliphatic hydroxyl groups is 1. The lowest BCUT2D eigenvalue weighted by atomic mass is 10.1. The molecule has 0 saturated heterocycles. The second-order valence-electron chi connectivity index (χ2n) is 3.77. The summed E-state index contributed by atoms with van der Waals surface area (Å²) in [5, 5.41) is 10.2.